The molecule has 10 rings (SSSR count). The zero-order chi connectivity index (χ0) is 43.6. The number of nitrogens with zero attached hydrogens (tertiary/aromatic N) is 8. The number of likely N-dealkylation sites (tertiary alicyclic amines) is 1. The van der Waals surface area contributed by atoms with Crippen LogP contribution in [-0.4, -0.2) is 109 Å². The number of hydrogen-bond acceptors (Lipinski definition) is 12. The van der Waals surface area contributed by atoms with Crippen LogP contribution in [-0.2, 0) is 19.1 Å². The Hall–Kier alpha value is -5.96. The Balaban J connectivity index is 0.719. The van der Waals surface area contributed by atoms with Gasteiger partial charge in [0.25, 0.3) is 18.2 Å². The first-order valence-electron chi connectivity index (χ1n) is 21.4. The lowest BCUT2D eigenvalue weighted by molar-refractivity contribution is -0.151. The Labute approximate surface area is 356 Å². The van der Waals surface area contributed by atoms with Gasteiger partial charge in [0.1, 0.15) is 17.1 Å². The Kier molecular flexibility index (Phi) is 10.6. The van der Waals surface area contributed by atoms with Gasteiger partial charge < -0.3 is 29.7 Å². The van der Waals surface area contributed by atoms with Gasteiger partial charge in [-0.05, 0) is 88.6 Å². The number of halogens is 4. The lowest BCUT2D eigenvalue weighted by atomic mass is 9.84. The molecule has 332 valence electrons. The van der Waals surface area contributed by atoms with Crippen LogP contribution in [0.1, 0.15) is 97.9 Å². The van der Waals surface area contributed by atoms with E-state index in [4.69, 9.17) is 14.2 Å². The first-order valence-corrected chi connectivity index (χ1v) is 21.4. The van der Waals surface area contributed by atoms with E-state index in [1.807, 2.05) is 6.07 Å². The van der Waals surface area contributed by atoms with Gasteiger partial charge in [-0.2, -0.15) is 19.0 Å². The Morgan fingerprint density at radius 3 is 2.52 bits per heavy atom. The molecule has 3 N–H and O–H groups in total. The van der Waals surface area contributed by atoms with E-state index in [-0.39, 0.29) is 83.9 Å². The first kappa shape index (κ1) is 41.1. The van der Waals surface area contributed by atoms with Gasteiger partial charge in [0.15, 0.2) is 16.9 Å². The number of benzene rings is 1. The van der Waals surface area contributed by atoms with Crippen LogP contribution in [0.15, 0.2) is 47.4 Å². The average molecular weight is 876 g/mol. The van der Waals surface area contributed by atoms with Gasteiger partial charge in [0.05, 0.1) is 48.3 Å². The maximum Gasteiger partial charge on any atom is 0.327 e. The van der Waals surface area contributed by atoms with Gasteiger partial charge in [-0.25, -0.2) is 18.3 Å². The van der Waals surface area contributed by atoms with Gasteiger partial charge in [0.2, 0.25) is 11.8 Å². The van der Waals surface area contributed by atoms with Crippen molar-refractivity contribution in [3.63, 3.8) is 0 Å². The molecule has 1 aromatic carbocycles. The number of morpholine rings is 1. The van der Waals surface area contributed by atoms with Crippen molar-refractivity contribution in [2.45, 2.75) is 94.2 Å². The summed E-state index contributed by atoms with van der Waals surface area (Å²) in [4.78, 5) is 59.7. The predicted octanol–water partition coefficient (Wildman–Crippen LogP) is 5.47. The van der Waals surface area contributed by atoms with Crippen molar-refractivity contribution >= 4 is 57.4 Å². The SMILES string of the molecule is O=C1CCC(c2noc3c(NC(=O)C(F)(F)C4CCN(CC5CCC(n6cc(NC(=O)c7cnn8ccc(N9C[C@H]%10C[C@@H]9CO%10)nc78)c(C(F)F)n6)CC5)CC4)cccc23)C(=O)N1. The fourth-order valence-corrected chi connectivity index (χ4v) is 10.0. The molecule has 63 heavy (non-hydrogen) atoms. The number of nitrogens with one attached hydrogen (secondary N) is 3. The van der Waals surface area contributed by atoms with Gasteiger partial charge in [-0.1, -0.05) is 11.2 Å². The third-order valence-electron chi connectivity index (χ3n) is 13.5. The first-order chi connectivity index (χ1) is 30.4. The topological polar surface area (TPSA) is 194 Å². The number of carbonyl (C=O) groups excluding carboxylic acids is 4. The van der Waals surface area contributed by atoms with E-state index in [1.165, 1.54) is 27.7 Å². The molecule has 1 unspecified atom stereocenters. The molecule has 5 aromatic rings. The summed E-state index contributed by atoms with van der Waals surface area (Å²) in [5, 5.41) is 20.1. The van der Waals surface area contributed by atoms with Gasteiger partial charge in [0, 0.05) is 43.2 Å². The molecular weight excluding hydrogens is 831 g/mol. The average Bonchev–Trinajstić information content (AvgIpc) is 4.13. The Morgan fingerprint density at radius 2 is 1.79 bits per heavy atom. The van der Waals surface area contributed by atoms with E-state index in [2.05, 4.69) is 41.1 Å². The zero-order valence-corrected chi connectivity index (χ0v) is 34.0. The number of fused-ring (bicyclic) bond motifs is 4. The number of ether oxygens (including phenoxy) is 1. The highest BCUT2D eigenvalue weighted by molar-refractivity contribution is 6.08. The fourth-order valence-electron chi connectivity index (χ4n) is 10.0. The minimum Gasteiger partial charge on any atom is -0.374 e. The maximum absolute atomic E-state index is 15.7. The number of aromatic nitrogens is 6. The second-order valence-corrected chi connectivity index (χ2v) is 17.4. The van der Waals surface area contributed by atoms with Crippen molar-refractivity contribution < 1.29 is 46.0 Å². The lowest BCUT2D eigenvalue weighted by Gasteiger charge is -2.38. The predicted molar refractivity (Wildman–Crippen MR) is 216 cm³/mol. The Morgan fingerprint density at radius 1 is 0.984 bits per heavy atom. The summed E-state index contributed by atoms with van der Waals surface area (Å²) >= 11 is 0. The minimum absolute atomic E-state index is 0.00736. The number of imide groups is 1. The van der Waals surface area contributed by atoms with E-state index < -0.39 is 47.6 Å². The molecule has 4 amide bonds. The molecule has 1 saturated carbocycles. The van der Waals surface area contributed by atoms with Crippen molar-refractivity contribution in [3.8, 4) is 0 Å². The molecule has 8 heterocycles. The molecule has 0 radical (unpaired) electrons. The van der Waals surface area contributed by atoms with Crippen molar-refractivity contribution in [1.29, 1.82) is 0 Å². The summed E-state index contributed by atoms with van der Waals surface area (Å²) in [6.45, 7) is 2.78. The molecular formula is C42H45F4N11O6. The van der Waals surface area contributed by atoms with E-state index in [0.29, 0.717) is 62.5 Å². The molecule has 1 aliphatic carbocycles. The van der Waals surface area contributed by atoms with Crippen LogP contribution >= 0.6 is 0 Å². The number of anilines is 3. The molecule has 0 spiro atoms. The normalized spacial score (nSPS) is 24.8. The van der Waals surface area contributed by atoms with E-state index in [1.54, 1.807) is 18.3 Å². The van der Waals surface area contributed by atoms with Crippen molar-refractivity contribution in [2.75, 3.05) is 48.3 Å². The summed E-state index contributed by atoms with van der Waals surface area (Å²) in [6.07, 6.45) is 6.13. The van der Waals surface area contributed by atoms with E-state index in [0.717, 1.165) is 19.3 Å². The summed E-state index contributed by atoms with van der Waals surface area (Å²) in [5.41, 5.74) is 0.188. The van der Waals surface area contributed by atoms with Crippen LogP contribution < -0.4 is 20.9 Å². The molecule has 4 aliphatic heterocycles. The lowest BCUT2D eigenvalue weighted by Crippen LogP contribution is -2.47. The van der Waals surface area contributed by atoms with Crippen LogP contribution in [0.2, 0.25) is 0 Å². The van der Waals surface area contributed by atoms with E-state index in [9.17, 15) is 28.0 Å². The molecule has 3 atom stereocenters. The molecule has 5 aliphatic rings. The molecule has 2 bridgehead atoms. The number of alkyl halides is 4. The number of para-hydroxylation sites is 1. The zero-order valence-electron chi connectivity index (χ0n) is 34.0. The van der Waals surface area contributed by atoms with Gasteiger partial charge in [-0.15, -0.1) is 0 Å². The number of amides is 4. The molecule has 21 heteroatoms. The molecule has 17 nitrogen and oxygen atoms in total. The number of piperidine rings is 2. The summed E-state index contributed by atoms with van der Waals surface area (Å²) < 4.78 is 74.1. The second-order valence-electron chi connectivity index (χ2n) is 17.4. The minimum atomic E-state index is -3.67. The third-order valence-corrected chi connectivity index (χ3v) is 13.5. The third kappa shape index (κ3) is 7.78. The van der Waals surface area contributed by atoms with Crippen LogP contribution in [0.3, 0.4) is 0 Å². The van der Waals surface area contributed by atoms with Crippen LogP contribution in [0.25, 0.3) is 16.6 Å². The van der Waals surface area contributed by atoms with E-state index >= 15 is 8.78 Å². The Bertz CT molecular complexity index is 2580. The van der Waals surface area contributed by atoms with Crippen LogP contribution in [0, 0.1) is 11.8 Å². The molecule has 5 fully saturated rings. The highest BCUT2D eigenvalue weighted by Gasteiger charge is 2.48. The van der Waals surface area contributed by atoms with Crippen molar-refractivity contribution in [2.24, 2.45) is 11.8 Å². The molecule has 4 aromatic heterocycles. The number of carbonyl (C=O) groups is 4. The molecule has 4 saturated heterocycles. The number of hydrogen-bond donors (Lipinski definition) is 3. The number of rotatable bonds is 11. The second kappa shape index (κ2) is 16.3. The van der Waals surface area contributed by atoms with Crippen LogP contribution in [0.5, 0.6) is 0 Å². The summed E-state index contributed by atoms with van der Waals surface area (Å²) in [5.74, 6) is -7.64. The van der Waals surface area contributed by atoms with Crippen LogP contribution in [0.4, 0.5) is 34.8 Å². The summed E-state index contributed by atoms with van der Waals surface area (Å²) in [7, 11) is 0. The summed E-state index contributed by atoms with van der Waals surface area (Å²) in [6, 6.07) is 6.47. The fraction of sp³-hybridized carbons (Fsp3) is 0.524. The quantitative estimate of drug-likeness (QED) is 0.112. The standard InChI is InChI=1S/C42H45F4N11O6/c43-37(44)35-31(48-40(60)29-17-47-56-15-12-32(50-38(29)56)55-19-26-16-25(55)21-62-26)20-57(52-35)24-6-4-22(5-7-24)18-54-13-10-23(11-14-54)42(45,46)41(61)49-30-3-1-2-27-34(53-63-36(27)30)28-8-9-33(58)51-39(28)59/h1-3,12,15,17,20,22-26,28,37H,4-11,13-14,16,18-19,21H2,(H,48,60)(H,49,61)(H,51,58,59)/t22?,24?,25-,26-,28?/m1/s1. The maximum atomic E-state index is 15.7. The highest BCUT2D eigenvalue weighted by atomic mass is 19.3. The smallest absolute Gasteiger partial charge is 0.327 e. The van der Waals surface area contributed by atoms with Gasteiger partial charge in [-0.3, -0.25) is 29.2 Å². The largest absolute Gasteiger partial charge is 0.374 e. The van der Waals surface area contributed by atoms with Gasteiger partial charge >= 0.3 is 5.92 Å². The highest BCUT2D eigenvalue weighted by Crippen LogP contribution is 2.40. The monoisotopic (exact) mass is 875 g/mol. The van der Waals surface area contributed by atoms with Crippen molar-refractivity contribution in [1.82, 2.24) is 39.8 Å². The van der Waals surface area contributed by atoms with Crippen molar-refractivity contribution in [3.05, 3.63) is 59.8 Å².